The molecule has 110 valence electrons. The number of rotatable bonds is 4. The maximum absolute atomic E-state index is 13.5. The van der Waals surface area contributed by atoms with Gasteiger partial charge in [-0.25, -0.2) is 17.6 Å². The van der Waals surface area contributed by atoms with E-state index in [-0.39, 0.29) is 16.1 Å². The van der Waals surface area contributed by atoms with Crippen molar-refractivity contribution in [3.63, 3.8) is 0 Å². The minimum Gasteiger partial charge on any atom is -0.478 e. The van der Waals surface area contributed by atoms with Crippen molar-refractivity contribution in [3.8, 4) is 0 Å². The second-order valence-corrected chi connectivity index (χ2v) is 5.93. The van der Waals surface area contributed by atoms with Crippen LogP contribution >= 0.6 is 0 Å². The molecule has 0 radical (unpaired) electrons. The van der Waals surface area contributed by atoms with Gasteiger partial charge < -0.3 is 5.11 Å². The topological polar surface area (TPSA) is 96.4 Å². The maximum atomic E-state index is 13.5. The average molecular weight is 310 g/mol. The van der Waals surface area contributed by atoms with Gasteiger partial charge >= 0.3 is 5.97 Å². The number of carboxylic acids is 1. The smallest absolute Gasteiger partial charge is 0.337 e. The van der Waals surface area contributed by atoms with Gasteiger partial charge in [-0.15, -0.1) is 0 Å². The fourth-order valence-electron chi connectivity index (χ4n) is 1.61. The Morgan fingerprint density at radius 3 is 2.67 bits per heavy atom. The molecule has 0 aliphatic rings. The number of hydrogen-bond donors (Lipinski definition) is 2. The number of hydrogen-bond acceptors (Lipinski definition) is 4. The third kappa shape index (κ3) is 3.16. The zero-order chi connectivity index (χ0) is 15.6. The number of aromatic nitrogens is 1. The Kier molecular flexibility index (Phi) is 3.90. The van der Waals surface area contributed by atoms with Gasteiger partial charge in [-0.1, -0.05) is 6.07 Å². The summed E-state index contributed by atoms with van der Waals surface area (Å²) in [5.41, 5.74) is -0.131. The van der Waals surface area contributed by atoms with Gasteiger partial charge in [-0.2, -0.15) is 0 Å². The van der Waals surface area contributed by atoms with Crippen LogP contribution in [0, 0.1) is 12.7 Å². The predicted molar refractivity (Wildman–Crippen MR) is 73.1 cm³/mol. The average Bonchev–Trinajstić information content (AvgIpc) is 2.41. The number of carboxylic acid groups (broad SMARTS) is 1. The third-order valence-electron chi connectivity index (χ3n) is 2.75. The zero-order valence-electron chi connectivity index (χ0n) is 10.9. The van der Waals surface area contributed by atoms with E-state index in [1.807, 2.05) is 0 Å². The number of nitrogens with one attached hydrogen (secondary N) is 1. The van der Waals surface area contributed by atoms with Crippen molar-refractivity contribution in [3.05, 3.63) is 53.6 Å². The molecule has 8 heteroatoms. The molecular weight excluding hydrogens is 299 g/mol. The van der Waals surface area contributed by atoms with E-state index in [9.17, 15) is 17.6 Å². The van der Waals surface area contributed by atoms with Gasteiger partial charge in [0.15, 0.2) is 0 Å². The molecule has 21 heavy (non-hydrogen) atoms. The van der Waals surface area contributed by atoms with E-state index >= 15 is 0 Å². The zero-order valence-corrected chi connectivity index (χ0v) is 11.7. The Labute approximate surface area is 120 Å². The van der Waals surface area contributed by atoms with Crippen LogP contribution < -0.4 is 4.72 Å². The van der Waals surface area contributed by atoms with E-state index in [2.05, 4.69) is 9.71 Å². The molecule has 0 atom stereocenters. The van der Waals surface area contributed by atoms with E-state index in [1.54, 1.807) is 0 Å². The number of sulfonamides is 1. The molecule has 0 spiro atoms. The first-order valence-corrected chi connectivity index (χ1v) is 7.26. The minimum absolute atomic E-state index is 0.189. The van der Waals surface area contributed by atoms with Gasteiger partial charge in [-0.3, -0.25) is 9.71 Å². The number of benzene rings is 1. The number of carbonyl (C=O) groups is 1. The molecule has 0 bridgehead atoms. The fourth-order valence-corrected chi connectivity index (χ4v) is 2.68. The molecule has 0 fully saturated rings. The van der Waals surface area contributed by atoms with Crippen molar-refractivity contribution in [1.29, 1.82) is 0 Å². The first-order chi connectivity index (χ1) is 9.81. The van der Waals surface area contributed by atoms with Crippen molar-refractivity contribution in [1.82, 2.24) is 4.98 Å². The van der Waals surface area contributed by atoms with E-state index in [0.29, 0.717) is 5.56 Å². The highest BCUT2D eigenvalue weighted by Crippen LogP contribution is 2.20. The monoisotopic (exact) mass is 310 g/mol. The number of aryl methyl sites for hydroxylation is 1. The van der Waals surface area contributed by atoms with Gasteiger partial charge in [-0.05, 0) is 30.7 Å². The summed E-state index contributed by atoms with van der Waals surface area (Å²) < 4.78 is 39.8. The second kappa shape index (κ2) is 5.49. The maximum Gasteiger partial charge on any atom is 0.337 e. The number of anilines is 1. The van der Waals surface area contributed by atoms with Crippen LogP contribution in [-0.2, 0) is 10.0 Å². The Morgan fingerprint density at radius 1 is 1.33 bits per heavy atom. The Morgan fingerprint density at radius 2 is 2.05 bits per heavy atom. The van der Waals surface area contributed by atoms with Gasteiger partial charge in [0.25, 0.3) is 10.0 Å². The second-order valence-electron chi connectivity index (χ2n) is 4.24. The Balaban J connectivity index is 2.42. The lowest BCUT2D eigenvalue weighted by atomic mass is 10.2. The lowest BCUT2D eigenvalue weighted by Gasteiger charge is -2.10. The molecule has 0 aliphatic carbocycles. The first-order valence-electron chi connectivity index (χ1n) is 5.77. The van der Waals surface area contributed by atoms with Crippen LogP contribution in [0.2, 0.25) is 0 Å². The van der Waals surface area contributed by atoms with E-state index < -0.39 is 21.8 Å². The fraction of sp³-hybridized carbons (Fsp3) is 0.0769. The van der Waals surface area contributed by atoms with Crippen LogP contribution in [0.25, 0.3) is 0 Å². The largest absolute Gasteiger partial charge is 0.478 e. The highest BCUT2D eigenvalue weighted by atomic mass is 32.2. The number of aromatic carboxylic acids is 1. The standard InChI is InChI=1S/C13H11FN2O4S/c1-8-2-3-9(6-11(8)14)21(19,20)16-12-7-15-5-4-10(12)13(17)18/h2-7,16H,1H3,(H,17,18). The first kappa shape index (κ1) is 14.9. The summed E-state index contributed by atoms with van der Waals surface area (Å²) in [6.07, 6.45) is 2.30. The van der Waals surface area contributed by atoms with Crippen molar-refractivity contribution in [2.45, 2.75) is 11.8 Å². The summed E-state index contributed by atoms with van der Waals surface area (Å²) in [6.45, 7) is 1.50. The summed E-state index contributed by atoms with van der Waals surface area (Å²) in [6, 6.07) is 4.59. The van der Waals surface area contributed by atoms with E-state index in [4.69, 9.17) is 5.11 Å². The Bertz CT molecular complexity index is 806. The number of halogens is 1. The van der Waals surface area contributed by atoms with Gasteiger partial charge in [0.2, 0.25) is 0 Å². The molecule has 0 amide bonds. The van der Waals surface area contributed by atoms with Crippen LogP contribution in [0.3, 0.4) is 0 Å². The number of pyridine rings is 1. The van der Waals surface area contributed by atoms with Crippen LogP contribution in [-0.4, -0.2) is 24.5 Å². The molecule has 1 aromatic carbocycles. The summed E-state index contributed by atoms with van der Waals surface area (Å²) in [4.78, 5) is 14.4. The molecule has 2 N–H and O–H groups in total. The lowest BCUT2D eigenvalue weighted by Crippen LogP contribution is -2.16. The summed E-state index contributed by atoms with van der Waals surface area (Å²) in [5.74, 6) is -1.97. The molecular formula is C13H11FN2O4S. The predicted octanol–water partition coefficient (Wildman–Crippen LogP) is 2.03. The Hall–Kier alpha value is -2.48. The SMILES string of the molecule is Cc1ccc(S(=O)(=O)Nc2cnccc2C(=O)O)cc1F. The van der Waals surface area contributed by atoms with Gasteiger partial charge in [0.05, 0.1) is 22.3 Å². The van der Waals surface area contributed by atoms with Gasteiger partial charge in [0.1, 0.15) is 5.82 Å². The van der Waals surface area contributed by atoms with Crippen molar-refractivity contribution in [2.24, 2.45) is 0 Å². The normalized spacial score (nSPS) is 11.1. The number of nitrogens with zero attached hydrogens (tertiary/aromatic N) is 1. The molecule has 1 aromatic heterocycles. The highest BCUT2D eigenvalue weighted by molar-refractivity contribution is 7.92. The van der Waals surface area contributed by atoms with E-state index in [1.165, 1.54) is 25.3 Å². The highest BCUT2D eigenvalue weighted by Gasteiger charge is 2.19. The molecule has 0 aliphatic heterocycles. The molecule has 0 saturated heterocycles. The molecule has 0 unspecified atom stereocenters. The minimum atomic E-state index is -4.10. The lowest BCUT2D eigenvalue weighted by molar-refractivity contribution is 0.0698. The summed E-state index contributed by atoms with van der Waals surface area (Å²) in [7, 11) is -4.10. The van der Waals surface area contributed by atoms with Crippen molar-refractivity contribution < 1.29 is 22.7 Å². The van der Waals surface area contributed by atoms with Crippen LogP contribution in [0.4, 0.5) is 10.1 Å². The molecule has 2 aromatic rings. The van der Waals surface area contributed by atoms with E-state index in [0.717, 1.165) is 18.3 Å². The third-order valence-corrected chi connectivity index (χ3v) is 4.11. The van der Waals surface area contributed by atoms with Crippen LogP contribution in [0.15, 0.2) is 41.6 Å². The van der Waals surface area contributed by atoms with Gasteiger partial charge in [0, 0.05) is 6.20 Å². The molecule has 2 rings (SSSR count). The van der Waals surface area contributed by atoms with Crippen LogP contribution in [0.5, 0.6) is 0 Å². The quantitative estimate of drug-likeness (QED) is 0.900. The van der Waals surface area contributed by atoms with Crippen molar-refractivity contribution >= 4 is 21.7 Å². The van der Waals surface area contributed by atoms with Crippen molar-refractivity contribution in [2.75, 3.05) is 4.72 Å². The summed E-state index contributed by atoms with van der Waals surface area (Å²) in [5, 5.41) is 8.99. The summed E-state index contributed by atoms with van der Waals surface area (Å²) >= 11 is 0. The van der Waals surface area contributed by atoms with Crippen LogP contribution in [0.1, 0.15) is 15.9 Å². The molecule has 0 saturated carbocycles. The molecule has 6 nitrogen and oxygen atoms in total. The molecule has 1 heterocycles.